The van der Waals surface area contributed by atoms with Crippen LogP contribution in [-0.2, 0) is 10.0 Å². The summed E-state index contributed by atoms with van der Waals surface area (Å²) in [7, 11) is -3.70. The van der Waals surface area contributed by atoms with Crippen molar-refractivity contribution in [1.29, 1.82) is 0 Å². The molecule has 0 unspecified atom stereocenters. The Labute approximate surface area is 135 Å². The van der Waals surface area contributed by atoms with Crippen LogP contribution in [0.1, 0.15) is 0 Å². The van der Waals surface area contributed by atoms with Crippen LogP contribution in [0.4, 0.5) is 5.82 Å². The molecule has 0 atom stereocenters. The molecule has 21 heavy (non-hydrogen) atoms. The Hall–Kier alpha value is -1.74. The first kappa shape index (κ1) is 14.2. The summed E-state index contributed by atoms with van der Waals surface area (Å²) in [6.45, 7) is 0. The van der Waals surface area contributed by atoms with Crippen LogP contribution >= 0.6 is 22.6 Å². The van der Waals surface area contributed by atoms with Crippen molar-refractivity contribution in [3.63, 3.8) is 0 Å². The van der Waals surface area contributed by atoms with Crippen molar-refractivity contribution >= 4 is 49.2 Å². The molecule has 0 aliphatic rings. The summed E-state index contributed by atoms with van der Waals surface area (Å²) in [4.78, 5) is 8.27. The molecule has 0 fully saturated rings. The maximum atomic E-state index is 12.5. The maximum absolute atomic E-state index is 12.5. The molecule has 0 saturated heterocycles. The third-order valence-corrected chi connectivity index (χ3v) is 4.95. The normalized spacial score (nSPS) is 11.5. The lowest BCUT2D eigenvalue weighted by Gasteiger charge is -2.09. The van der Waals surface area contributed by atoms with E-state index in [1.165, 1.54) is 0 Å². The Kier molecular flexibility index (Phi) is 3.77. The number of aromatic nitrogens is 2. The number of pyridine rings is 2. The van der Waals surface area contributed by atoms with Gasteiger partial charge in [-0.15, -0.1) is 0 Å². The van der Waals surface area contributed by atoms with E-state index in [1.807, 2.05) is 6.07 Å². The van der Waals surface area contributed by atoms with Crippen LogP contribution in [0.15, 0.2) is 59.9 Å². The van der Waals surface area contributed by atoms with E-state index in [0.717, 1.165) is 8.96 Å². The highest BCUT2D eigenvalue weighted by molar-refractivity contribution is 14.1. The van der Waals surface area contributed by atoms with Gasteiger partial charge in [-0.25, -0.2) is 13.4 Å². The van der Waals surface area contributed by atoms with E-state index in [0.29, 0.717) is 11.2 Å². The SMILES string of the molecule is O=S(=O)(Nc1ccc(I)cn1)c1cccc2cnccc12. The molecule has 7 heteroatoms. The van der Waals surface area contributed by atoms with Gasteiger partial charge in [0.2, 0.25) is 0 Å². The van der Waals surface area contributed by atoms with Gasteiger partial charge < -0.3 is 0 Å². The molecule has 2 heterocycles. The van der Waals surface area contributed by atoms with Crippen molar-refractivity contribution < 1.29 is 8.42 Å². The summed E-state index contributed by atoms with van der Waals surface area (Å²) in [5.41, 5.74) is 0. The molecule has 0 aliphatic carbocycles. The van der Waals surface area contributed by atoms with Crippen molar-refractivity contribution in [3.05, 3.63) is 58.6 Å². The summed E-state index contributed by atoms with van der Waals surface area (Å²) < 4.78 is 28.5. The van der Waals surface area contributed by atoms with Crippen LogP contribution in [0.2, 0.25) is 0 Å². The first-order chi connectivity index (χ1) is 10.1. The van der Waals surface area contributed by atoms with Gasteiger partial charge in [0.15, 0.2) is 0 Å². The Morgan fingerprint density at radius 2 is 1.90 bits per heavy atom. The Morgan fingerprint density at radius 3 is 2.67 bits per heavy atom. The van der Waals surface area contributed by atoms with Gasteiger partial charge in [-0.1, -0.05) is 12.1 Å². The Balaban J connectivity index is 2.06. The smallest absolute Gasteiger partial charge is 0.263 e. The molecule has 3 aromatic rings. The van der Waals surface area contributed by atoms with Crippen molar-refractivity contribution in [3.8, 4) is 0 Å². The van der Waals surface area contributed by atoms with Crippen molar-refractivity contribution in [2.24, 2.45) is 0 Å². The first-order valence-electron chi connectivity index (χ1n) is 6.03. The third kappa shape index (κ3) is 2.98. The van der Waals surface area contributed by atoms with Gasteiger partial charge in [0.05, 0.1) is 4.90 Å². The van der Waals surface area contributed by atoms with E-state index >= 15 is 0 Å². The number of nitrogens with zero attached hydrogens (tertiary/aromatic N) is 2. The number of benzene rings is 1. The second kappa shape index (κ2) is 5.57. The monoisotopic (exact) mass is 411 g/mol. The molecule has 0 aliphatic heterocycles. The van der Waals surface area contributed by atoms with E-state index in [4.69, 9.17) is 0 Å². The minimum atomic E-state index is -3.70. The van der Waals surface area contributed by atoms with Gasteiger partial charge >= 0.3 is 0 Å². The number of sulfonamides is 1. The van der Waals surface area contributed by atoms with E-state index in [2.05, 4.69) is 37.3 Å². The van der Waals surface area contributed by atoms with Crippen molar-refractivity contribution in [2.75, 3.05) is 4.72 Å². The van der Waals surface area contributed by atoms with Crippen LogP contribution < -0.4 is 4.72 Å². The van der Waals surface area contributed by atoms with E-state index in [-0.39, 0.29) is 4.90 Å². The number of fused-ring (bicyclic) bond motifs is 1. The zero-order valence-corrected chi connectivity index (χ0v) is 13.7. The fraction of sp³-hybridized carbons (Fsp3) is 0. The topological polar surface area (TPSA) is 72.0 Å². The molecule has 0 bridgehead atoms. The van der Waals surface area contributed by atoms with Gasteiger partial charge in [-0.05, 0) is 46.9 Å². The molecule has 1 N–H and O–H groups in total. The van der Waals surface area contributed by atoms with Crippen molar-refractivity contribution in [2.45, 2.75) is 4.90 Å². The number of anilines is 1. The highest BCUT2D eigenvalue weighted by atomic mass is 127. The molecule has 2 aromatic heterocycles. The lowest BCUT2D eigenvalue weighted by molar-refractivity contribution is 0.602. The summed E-state index contributed by atoms with van der Waals surface area (Å²) in [5, 5.41) is 1.40. The highest BCUT2D eigenvalue weighted by Gasteiger charge is 2.17. The predicted molar refractivity (Wildman–Crippen MR) is 89.5 cm³/mol. The molecule has 1 aromatic carbocycles. The second-order valence-electron chi connectivity index (χ2n) is 4.32. The highest BCUT2D eigenvalue weighted by Crippen LogP contribution is 2.23. The molecule has 0 saturated carbocycles. The first-order valence-corrected chi connectivity index (χ1v) is 8.59. The standard InChI is InChI=1S/C14H10IN3O2S/c15-11-4-5-14(17-9-11)18-21(19,20)13-3-1-2-10-8-16-7-6-12(10)13/h1-9H,(H,17,18). The van der Waals surface area contributed by atoms with Crippen LogP contribution in [-0.4, -0.2) is 18.4 Å². The average Bonchev–Trinajstić information content (AvgIpc) is 2.49. The number of rotatable bonds is 3. The zero-order valence-electron chi connectivity index (χ0n) is 10.7. The maximum Gasteiger partial charge on any atom is 0.263 e. The van der Waals surface area contributed by atoms with E-state index in [9.17, 15) is 8.42 Å². The Morgan fingerprint density at radius 1 is 1.05 bits per heavy atom. The molecule has 0 amide bonds. The lowest BCUT2D eigenvalue weighted by atomic mass is 10.2. The molecule has 0 spiro atoms. The van der Waals surface area contributed by atoms with Gasteiger partial charge in [-0.2, -0.15) is 0 Å². The van der Waals surface area contributed by atoms with Crippen LogP contribution in [0.25, 0.3) is 10.8 Å². The zero-order chi connectivity index (χ0) is 14.9. The summed E-state index contributed by atoms with van der Waals surface area (Å²) >= 11 is 2.11. The number of hydrogen-bond acceptors (Lipinski definition) is 4. The molecule has 0 radical (unpaired) electrons. The molecular weight excluding hydrogens is 401 g/mol. The van der Waals surface area contributed by atoms with Gasteiger partial charge in [0.1, 0.15) is 5.82 Å². The summed E-state index contributed by atoms with van der Waals surface area (Å²) in [6.07, 6.45) is 4.81. The fourth-order valence-corrected chi connectivity index (χ4v) is 3.51. The minimum absolute atomic E-state index is 0.211. The van der Waals surface area contributed by atoms with Gasteiger partial charge in [0.25, 0.3) is 10.0 Å². The third-order valence-electron chi connectivity index (χ3n) is 2.90. The molecular formula is C14H10IN3O2S. The van der Waals surface area contributed by atoms with E-state index < -0.39 is 10.0 Å². The van der Waals surface area contributed by atoms with E-state index in [1.54, 1.807) is 48.9 Å². The second-order valence-corrected chi connectivity index (χ2v) is 7.22. The Bertz CT molecular complexity index is 890. The lowest BCUT2D eigenvalue weighted by Crippen LogP contribution is -2.14. The number of hydrogen-bond donors (Lipinski definition) is 1. The van der Waals surface area contributed by atoms with Gasteiger partial charge in [0, 0.05) is 32.9 Å². The molecule has 106 valence electrons. The molecule has 3 rings (SSSR count). The summed E-state index contributed by atoms with van der Waals surface area (Å²) in [5.74, 6) is 0.293. The molecule has 5 nitrogen and oxygen atoms in total. The number of nitrogens with one attached hydrogen (secondary N) is 1. The number of halogens is 1. The quantitative estimate of drug-likeness (QED) is 0.673. The van der Waals surface area contributed by atoms with Crippen molar-refractivity contribution in [1.82, 2.24) is 9.97 Å². The van der Waals surface area contributed by atoms with Crippen LogP contribution in [0, 0.1) is 3.57 Å². The summed E-state index contributed by atoms with van der Waals surface area (Å²) in [6, 6.07) is 10.2. The van der Waals surface area contributed by atoms with Crippen LogP contribution in [0.3, 0.4) is 0 Å². The fourth-order valence-electron chi connectivity index (χ4n) is 1.96. The van der Waals surface area contributed by atoms with Crippen LogP contribution in [0.5, 0.6) is 0 Å². The minimum Gasteiger partial charge on any atom is -0.264 e. The predicted octanol–water partition coefficient (Wildman–Crippen LogP) is 3.04. The average molecular weight is 411 g/mol. The largest absolute Gasteiger partial charge is 0.264 e. The van der Waals surface area contributed by atoms with Gasteiger partial charge in [-0.3, -0.25) is 9.71 Å².